The van der Waals surface area contributed by atoms with E-state index < -0.39 is 5.82 Å². The van der Waals surface area contributed by atoms with Crippen molar-refractivity contribution in [3.63, 3.8) is 0 Å². The summed E-state index contributed by atoms with van der Waals surface area (Å²) in [4.78, 5) is 12.2. The van der Waals surface area contributed by atoms with E-state index in [1.54, 1.807) is 17.5 Å². The van der Waals surface area contributed by atoms with Gasteiger partial charge >= 0.3 is 0 Å². The zero-order valence-corrected chi connectivity index (χ0v) is 10.2. The predicted octanol–water partition coefficient (Wildman–Crippen LogP) is 3.80. The highest BCUT2D eigenvalue weighted by Gasteiger charge is 2.12. The monoisotopic (exact) mass is 270 g/mol. The predicted molar refractivity (Wildman–Crippen MR) is 65.6 cm³/mol. The minimum absolute atomic E-state index is 0.0842. The third kappa shape index (κ3) is 2.84. The average Bonchev–Trinajstić information content (AvgIpc) is 2.81. The Morgan fingerprint density at radius 2 is 2.18 bits per heavy atom. The minimum atomic E-state index is -0.573. The van der Waals surface area contributed by atoms with Crippen LogP contribution in [0.5, 0.6) is 5.75 Å². The van der Waals surface area contributed by atoms with Gasteiger partial charge in [-0.1, -0.05) is 23.7 Å². The number of benzene rings is 1. The van der Waals surface area contributed by atoms with Crippen LogP contribution in [0.1, 0.15) is 9.67 Å². The topological polar surface area (TPSA) is 26.3 Å². The third-order valence-corrected chi connectivity index (χ3v) is 3.27. The lowest BCUT2D eigenvalue weighted by Crippen LogP contribution is -2.11. The number of carbonyl (C=O) groups excluding carboxylic acids is 1. The highest BCUT2D eigenvalue weighted by Crippen LogP contribution is 2.27. The van der Waals surface area contributed by atoms with Crippen molar-refractivity contribution in [2.75, 3.05) is 6.61 Å². The first-order chi connectivity index (χ1) is 8.18. The highest BCUT2D eigenvalue weighted by atomic mass is 35.5. The summed E-state index contributed by atoms with van der Waals surface area (Å²) in [5.41, 5.74) is 0. The van der Waals surface area contributed by atoms with Crippen LogP contribution in [0.3, 0.4) is 0 Å². The summed E-state index contributed by atoms with van der Waals surface area (Å²) in [5, 5.41) is 1.95. The van der Waals surface area contributed by atoms with Gasteiger partial charge in [-0.05, 0) is 23.6 Å². The number of hydrogen-bond acceptors (Lipinski definition) is 3. The summed E-state index contributed by atoms with van der Waals surface area (Å²) in [6.45, 7) is -0.221. The van der Waals surface area contributed by atoms with E-state index in [-0.39, 0.29) is 23.2 Å². The fraction of sp³-hybridized carbons (Fsp3) is 0.0833. The molecule has 88 valence electrons. The number of hydrogen-bond donors (Lipinski definition) is 0. The van der Waals surface area contributed by atoms with Crippen molar-refractivity contribution in [3.8, 4) is 5.75 Å². The Morgan fingerprint density at radius 3 is 2.82 bits per heavy atom. The van der Waals surface area contributed by atoms with Gasteiger partial charge in [0.05, 0.1) is 9.90 Å². The molecule has 0 radical (unpaired) electrons. The second kappa shape index (κ2) is 5.29. The van der Waals surface area contributed by atoms with Gasteiger partial charge in [-0.25, -0.2) is 4.39 Å². The van der Waals surface area contributed by atoms with Crippen molar-refractivity contribution in [2.45, 2.75) is 0 Å². The van der Waals surface area contributed by atoms with Crippen LogP contribution < -0.4 is 4.74 Å². The summed E-state index contributed by atoms with van der Waals surface area (Å²) in [5.74, 6) is -0.852. The highest BCUT2D eigenvalue weighted by molar-refractivity contribution is 7.12. The molecule has 2 nitrogen and oxygen atoms in total. The van der Waals surface area contributed by atoms with Crippen molar-refractivity contribution < 1.29 is 13.9 Å². The number of rotatable bonds is 4. The molecule has 0 atom stereocenters. The third-order valence-electron chi connectivity index (χ3n) is 2.06. The van der Waals surface area contributed by atoms with Crippen LogP contribution >= 0.6 is 22.9 Å². The van der Waals surface area contributed by atoms with Crippen molar-refractivity contribution in [3.05, 3.63) is 51.4 Å². The average molecular weight is 271 g/mol. The molecule has 17 heavy (non-hydrogen) atoms. The lowest BCUT2D eigenvalue weighted by atomic mass is 10.3. The Kier molecular flexibility index (Phi) is 3.76. The van der Waals surface area contributed by atoms with Gasteiger partial charge in [-0.3, -0.25) is 4.79 Å². The maximum absolute atomic E-state index is 13.3. The molecule has 0 N–H and O–H groups in total. The van der Waals surface area contributed by atoms with E-state index in [1.807, 2.05) is 0 Å². The zero-order chi connectivity index (χ0) is 12.3. The lowest BCUT2D eigenvalue weighted by molar-refractivity contribution is 0.0923. The first kappa shape index (κ1) is 12.1. The van der Waals surface area contributed by atoms with Gasteiger partial charge in [-0.15, -0.1) is 11.3 Å². The SMILES string of the molecule is O=C(COc1c(F)cccc1Cl)c1cccs1. The molecule has 5 heteroatoms. The fourth-order valence-electron chi connectivity index (χ4n) is 1.27. The first-order valence-electron chi connectivity index (χ1n) is 4.82. The van der Waals surface area contributed by atoms with Crippen LogP contribution in [-0.2, 0) is 0 Å². The smallest absolute Gasteiger partial charge is 0.210 e. The first-order valence-corrected chi connectivity index (χ1v) is 6.08. The molecule has 1 aromatic heterocycles. The lowest BCUT2D eigenvalue weighted by Gasteiger charge is -2.07. The molecule has 0 aliphatic rings. The van der Waals surface area contributed by atoms with Crippen LogP contribution in [0.15, 0.2) is 35.7 Å². The molecule has 2 aromatic rings. The normalized spacial score (nSPS) is 10.2. The molecular formula is C12H8ClFO2S. The van der Waals surface area contributed by atoms with Gasteiger partial charge in [0.25, 0.3) is 0 Å². The van der Waals surface area contributed by atoms with E-state index in [0.29, 0.717) is 4.88 Å². The van der Waals surface area contributed by atoms with E-state index in [0.717, 1.165) is 0 Å². The van der Waals surface area contributed by atoms with E-state index in [2.05, 4.69) is 0 Å². The van der Waals surface area contributed by atoms with Crippen molar-refractivity contribution >= 4 is 28.7 Å². The van der Waals surface area contributed by atoms with Crippen molar-refractivity contribution in [2.24, 2.45) is 0 Å². The van der Waals surface area contributed by atoms with Gasteiger partial charge in [0.15, 0.2) is 18.2 Å². The quantitative estimate of drug-likeness (QED) is 0.790. The Morgan fingerprint density at radius 1 is 1.35 bits per heavy atom. The largest absolute Gasteiger partial charge is 0.481 e. The summed E-state index contributed by atoms with van der Waals surface area (Å²) < 4.78 is 18.4. The van der Waals surface area contributed by atoms with Crippen molar-refractivity contribution in [1.29, 1.82) is 0 Å². The number of halogens is 2. The fourth-order valence-corrected chi connectivity index (χ4v) is 2.14. The van der Waals surface area contributed by atoms with E-state index in [4.69, 9.17) is 16.3 Å². The Hall–Kier alpha value is -1.39. The molecule has 0 unspecified atom stereocenters. The van der Waals surface area contributed by atoms with Gasteiger partial charge in [-0.2, -0.15) is 0 Å². The van der Waals surface area contributed by atoms with Gasteiger partial charge in [0.2, 0.25) is 5.78 Å². The number of Topliss-reactive ketones (excluding diaryl/α,β-unsaturated/α-hetero) is 1. The molecule has 0 saturated carbocycles. The second-order valence-electron chi connectivity index (χ2n) is 3.24. The molecule has 0 saturated heterocycles. The maximum atomic E-state index is 13.3. The van der Waals surface area contributed by atoms with E-state index in [1.165, 1.54) is 29.5 Å². The van der Waals surface area contributed by atoms with E-state index >= 15 is 0 Å². The van der Waals surface area contributed by atoms with Gasteiger partial charge in [0, 0.05) is 0 Å². The Labute approximate surface area is 107 Å². The summed E-state index contributed by atoms with van der Waals surface area (Å²) in [6, 6.07) is 7.69. The van der Waals surface area contributed by atoms with Crippen LogP contribution in [0, 0.1) is 5.82 Å². The number of carbonyl (C=O) groups is 1. The molecule has 0 aliphatic carbocycles. The molecule has 0 bridgehead atoms. The standard InChI is InChI=1S/C12H8ClFO2S/c13-8-3-1-4-9(14)12(8)16-7-10(15)11-5-2-6-17-11/h1-6H,7H2. The number of para-hydroxylation sites is 1. The van der Waals surface area contributed by atoms with Crippen LogP contribution in [-0.4, -0.2) is 12.4 Å². The molecule has 0 spiro atoms. The molecule has 0 fully saturated rings. The maximum Gasteiger partial charge on any atom is 0.210 e. The summed E-state index contributed by atoms with van der Waals surface area (Å²) in [6.07, 6.45) is 0. The molecule has 1 heterocycles. The molecule has 1 aromatic carbocycles. The molecule has 2 rings (SSSR count). The molecular weight excluding hydrogens is 263 g/mol. The molecule has 0 amide bonds. The number of ketones is 1. The van der Waals surface area contributed by atoms with Crippen molar-refractivity contribution in [1.82, 2.24) is 0 Å². The van der Waals surface area contributed by atoms with E-state index in [9.17, 15) is 9.18 Å². The Balaban J connectivity index is 2.06. The summed E-state index contributed by atoms with van der Waals surface area (Å²) >= 11 is 7.08. The van der Waals surface area contributed by atoms with Crippen LogP contribution in [0.2, 0.25) is 5.02 Å². The van der Waals surface area contributed by atoms with Crippen LogP contribution in [0.4, 0.5) is 4.39 Å². The number of thiophene rings is 1. The molecule has 0 aliphatic heterocycles. The Bertz CT molecular complexity index is 505. The summed E-state index contributed by atoms with van der Waals surface area (Å²) in [7, 11) is 0. The van der Waals surface area contributed by atoms with Gasteiger partial charge < -0.3 is 4.74 Å². The second-order valence-corrected chi connectivity index (χ2v) is 4.59. The minimum Gasteiger partial charge on any atom is -0.481 e. The zero-order valence-electron chi connectivity index (χ0n) is 8.65. The van der Waals surface area contributed by atoms with Crippen LogP contribution in [0.25, 0.3) is 0 Å². The van der Waals surface area contributed by atoms with Gasteiger partial charge in [0.1, 0.15) is 0 Å². The number of ether oxygens (including phenoxy) is 1.